The van der Waals surface area contributed by atoms with Crippen molar-refractivity contribution in [2.45, 2.75) is 26.3 Å². The second-order valence-corrected chi connectivity index (χ2v) is 4.70. The molecule has 0 aromatic carbocycles. The maximum absolute atomic E-state index is 11.8. The molecule has 0 aliphatic rings. The van der Waals surface area contributed by atoms with Crippen LogP contribution in [-0.2, 0) is 20.9 Å². The van der Waals surface area contributed by atoms with Gasteiger partial charge in [0.2, 0.25) is 11.8 Å². The Kier molecular flexibility index (Phi) is 8.04. The summed E-state index contributed by atoms with van der Waals surface area (Å²) < 4.78 is 4.96. The van der Waals surface area contributed by atoms with Crippen LogP contribution >= 0.6 is 0 Å². The third-order valence-corrected chi connectivity index (χ3v) is 3.02. The van der Waals surface area contributed by atoms with Gasteiger partial charge < -0.3 is 15.0 Å². The lowest BCUT2D eigenvalue weighted by Gasteiger charge is -2.20. The number of pyridine rings is 1. The standard InChI is InChI=1S/C15H23N3O3/c1-13(19)18(9-5-11-21-2)10-7-15(20)17-12-14-6-3-4-8-16-14/h3-4,6,8H,5,7,9-12H2,1-2H3,(H,17,20). The quantitative estimate of drug-likeness (QED) is 0.689. The molecule has 0 saturated heterocycles. The highest BCUT2D eigenvalue weighted by molar-refractivity contribution is 5.77. The van der Waals surface area contributed by atoms with Gasteiger partial charge in [-0.1, -0.05) is 6.07 Å². The van der Waals surface area contributed by atoms with Crippen LogP contribution in [0.5, 0.6) is 0 Å². The Morgan fingerprint density at radius 2 is 2.14 bits per heavy atom. The monoisotopic (exact) mass is 293 g/mol. The fourth-order valence-electron chi connectivity index (χ4n) is 1.84. The van der Waals surface area contributed by atoms with Crippen molar-refractivity contribution in [2.75, 3.05) is 26.8 Å². The number of ether oxygens (including phenoxy) is 1. The molecule has 1 heterocycles. The normalized spacial score (nSPS) is 10.2. The van der Waals surface area contributed by atoms with Crippen LogP contribution in [0.4, 0.5) is 0 Å². The van der Waals surface area contributed by atoms with Gasteiger partial charge >= 0.3 is 0 Å². The van der Waals surface area contributed by atoms with Crippen LogP contribution in [0.3, 0.4) is 0 Å². The third kappa shape index (κ3) is 7.41. The van der Waals surface area contributed by atoms with Crippen LogP contribution in [-0.4, -0.2) is 48.5 Å². The molecule has 1 aromatic rings. The van der Waals surface area contributed by atoms with E-state index in [1.165, 1.54) is 6.92 Å². The molecule has 0 aliphatic carbocycles. The first-order valence-electron chi connectivity index (χ1n) is 7.04. The Bertz CT molecular complexity index is 437. The van der Waals surface area contributed by atoms with Crippen molar-refractivity contribution in [2.24, 2.45) is 0 Å². The lowest BCUT2D eigenvalue weighted by Crippen LogP contribution is -2.34. The lowest BCUT2D eigenvalue weighted by molar-refractivity contribution is -0.129. The number of hydrogen-bond donors (Lipinski definition) is 1. The predicted octanol–water partition coefficient (Wildman–Crippen LogP) is 0.973. The maximum atomic E-state index is 11.8. The first kappa shape index (κ1) is 17.1. The Labute approximate surface area is 125 Å². The highest BCUT2D eigenvalue weighted by atomic mass is 16.5. The van der Waals surface area contributed by atoms with Crippen LogP contribution in [0.1, 0.15) is 25.5 Å². The summed E-state index contributed by atoms with van der Waals surface area (Å²) >= 11 is 0. The lowest BCUT2D eigenvalue weighted by atomic mass is 10.3. The van der Waals surface area contributed by atoms with Crippen molar-refractivity contribution in [1.29, 1.82) is 0 Å². The number of hydrogen-bond acceptors (Lipinski definition) is 4. The molecule has 1 aromatic heterocycles. The van der Waals surface area contributed by atoms with E-state index in [0.29, 0.717) is 32.7 Å². The van der Waals surface area contributed by atoms with Crippen molar-refractivity contribution < 1.29 is 14.3 Å². The molecule has 0 unspecified atom stereocenters. The molecule has 6 nitrogen and oxygen atoms in total. The molecule has 0 spiro atoms. The average molecular weight is 293 g/mol. The predicted molar refractivity (Wildman–Crippen MR) is 79.4 cm³/mol. The van der Waals surface area contributed by atoms with E-state index in [0.717, 1.165) is 12.1 Å². The van der Waals surface area contributed by atoms with Crippen LogP contribution in [0.2, 0.25) is 0 Å². The molecule has 0 radical (unpaired) electrons. The van der Waals surface area contributed by atoms with Gasteiger partial charge in [-0.2, -0.15) is 0 Å². The van der Waals surface area contributed by atoms with Crippen molar-refractivity contribution in [1.82, 2.24) is 15.2 Å². The van der Waals surface area contributed by atoms with Crippen molar-refractivity contribution in [3.63, 3.8) is 0 Å². The summed E-state index contributed by atoms with van der Waals surface area (Å²) in [4.78, 5) is 29.0. The van der Waals surface area contributed by atoms with Gasteiger partial charge in [-0.15, -0.1) is 0 Å². The molecule has 0 aliphatic heterocycles. The second-order valence-electron chi connectivity index (χ2n) is 4.70. The Balaban J connectivity index is 2.27. The fourth-order valence-corrected chi connectivity index (χ4v) is 1.84. The molecule has 0 saturated carbocycles. The molecule has 0 fully saturated rings. The van der Waals surface area contributed by atoms with Gasteiger partial charge in [-0.05, 0) is 18.6 Å². The minimum Gasteiger partial charge on any atom is -0.385 e. The van der Waals surface area contributed by atoms with E-state index in [9.17, 15) is 9.59 Å². The molecular formula is C15H23N3O3. The van der Waals surface area contributed by atoms with Crippen LogP contribution < -0.4 is 5.32 Å². The van der Waals surface area contributed by atoms with Gasteiger partial charge in [-0.25, -0.2) is 0 Å². The zero-order valence-electron chi connectivity index (χ0n) is 12.7. The fraction of sp³-hybridized carbons (Fsp3) is 0.533. The number of amides is 2. The van der Waals surface area contributed by atoms with Crippen LogP contribution in [0.25, 0.3) is 0 Å². The minimum absolute atomic E-state index is 0.0244. The number of aromatic nitrogens is 1. The van der Waals surface area contributed by atoms with Gasteiger partial charge in [0.05, 0.1) is 12.2 Å². The zero-order chi connectivity index (χ0) is 15.5. The van der Waals surface area contributed by atoms with E-state index in [4.69, 9.17) is 4.74 Å². The van der Waals surface area contributed by atoms with E-state index in [2.05, 4.69) is 10.3 Å². The molecule has 116 valence electrons. The smallest absolute Gasteiger partial charge is 0.222 e. The van der Waals surface area contributed by atoms with E-state index >= 15 is 0 Å². The van der Waals surface area contributed by atoms with Gasteiger partial charge in [0, 0.05) is 46.3 Å². The van der Waals surface area contributed by atoms with Crippen LogP contribution in [0, 0.1) is 0 Å². The summed E-state index contributed by atoms with van der Waals surface area (Å²) in [6.45, 7) is 3.56. The Morgan fingerprint density at radius 1 is 1.33 bits per heavy atom. The van der Waals surface area contributed by atoms with Gasteiger partial charge in [0.1, 0.15) is 0 Å². The average Bonchev–Trinajstić information content (AvgIpc) is 2.49. The van der Waals surface area contributed by atoms with Gasteiger partial charge in [-0.3, -0.25) is 14.6 Å². The highest BCUT2D eigenvalue weighted by Gasteiger charge is 2.10. The van der Waals surface area contributed by atoms with Crippen molar-refractivity contribution in [3.05, 3.63) is 30.1 Å². The van der Waals surface area contributed by atoms with Crippen LogP contribution in [0.15, 0.2) is 24.4 Å². The number of methoxy groups -OCH3 is 1. The largest absolute Gasteiger partial charge is 0.385 e. The summed E-state index contributed by atoms with van der Waals surface area (Å²) in [5.41, 5.74) is 0.814. The highest BCUT2D eigenvalue weighted by Crippen LogP contribution is 1.97. The second kappa shape index (κ2) is 9.88. The van der Waals surface area contributed by atoms with E-state index in [1.54, 1.807) is 18.2 Å². The molecule has 6 heteroatoms. The van der Waals surface area contributed by atoms with Gasteiger partial charge in [0.15, 0.2) is 0 Å². The van der Waals surface area contributed by atoms with E-state index < -0.39 is 0 Å². The summed E-state index contributed by atoms with van der Waals surface area (Å²) in [6, 6.07) is 5.56. The van der Waals surface area contributed by atoms with E-state index in [-0.39, 0.29) is 11.8 Å². The SMILES string of the molecule is COCCCN(CCC(=O)NCc1ccccn1)C(C)=O. The van der Waals surface area contributed by atoms with E-state index in [1.807, 2.05) is 18.2 Å². The Hall–Kier alpha value is -1.95. The molecule has 0 atom stereocenters. The first-order valence-corrected chi connectivity index (χ1v) is 7.04. The number of rotatable bonds is 9. The van der Waals surface area contributed by atoms with Crippen molar-refractivity contribution in [3.8, 4) is 0 Å². The molecular weight excluding hydrogens is 270 g/mol. The number of nitrogens with zero attached hydrogens (tertiary/aromatic N) is 2. The number of nitrogens with one attached hydrogen (secondary N) is 1. The summed E-state index contributed by atoms with van der Waals surface area (Å²) in [5.74, 6) is -0.109. The molecule has 1 rings (SSSR count). The Morgan fingerprint density at radius 3 is 2.76 bits per heavy atom. The zero-order valence-corrected chi connectivity index (χ0v) is 12.7. The summed E-state index contributed by atoms with van der Waals surface area (Å²) in [7, 11) is 1.63. The molecule has 0 bridgehead atoms. The topological polar surface area (TPSA) is 71.5 Å². The molecule has 21 heavy (non-hydrogen) atoms. The third-order valence-electron chi connectivity index (χ3n) is 3.02. The summed E-state index contributed by atoms with van der Waals surface area (Å²) in [6.07, 6.45) is 2.75. The van der Waals surface area contributed by atoms with Crippen molar-refractivity contribution >= 4 is 11.8 Å². The maximum Gasteiger partial charge on any atom is 0.222 e. The van der Waals surface area contributed by atoms with Gasteiger partial charge in [0.25, 0.3) is 0 Å². The number of carbonyl (C=O) groups excluding carboxylic acids is 2. The minimum atomic E-state index is -0.0846. The molecule has 2 amide bonds. The number of carbonyl (C=O) groups is 2. The molecule has 1 N–H and O–H groups in total. The summed E-state index contributed by atoms with van der Waals surface area (Å²) in [5, 5.41) is 2.80. The first-order chi connectivity index (χ1) is 10.1.